The van der Waals surface area contributed by atoms with Crippen molar-refractivity contribution in [1.29, 1.82) is 0 Å². The maximum Gasteiger partial charge on any atom is 0.328 e. The van der Waals surface area contributed by atoms with E-state index >= 15 is 0 Å². The first kappa shape index (κ1) is 17.7. The first-order valence-electron chi connectivity index (χ1n) is 7.19. The maximum absolute atomic E-state index is 11.0. The van der Waals surface area contributed by atoms with Gasteiger partial charge in [-0.3, -0.25) is 9.80 Å². The number of benzene rings is 1. The van der Waals surface area contributed by atoms with Crippen LogP contribution in [0.2, 0.25) is 0 Å². The largest absolute Gasteiger partial charge is 0.487 e. The first-order chi connectivity index (χ1) is 11.4. The van der Waals surface area contributed by atoms with Crippen LogP contribution in [0.15, 0.2) is 29.6 Å². The third kappa shape index (κ3) is 5.52. The summed E-state index contributed by atoms with van der Waals surface area (Å²) in [7, 11) is 0. The molecule has 0 atom stereocenters. The van der Waals surface area contributed by atoms with Crippen molar-refractivity contribution in [2.75, 3.05) is 11.9 Å². The van der Waals surface area contributed by atoms with Crippen LogP contribution in [0.3, 0.4) is 0 Å². The third-order valence-electron chi connectivity index (χ3n) is 3.07. The molecule has 0 bridgehead atoms. The lowest BCUT2D eigenvalue weighted by Gasteiger charge is -2.13. The number of nitrogens with zero attached hydrogens (tertiary/aromatic N) is 2. The molecule has 0 unspecified atom stereocenters. The van der Waals surface area contributed by atoms with Crippen molar-refractivity contribution in [1.82, 2.24) is 9.99 Å². The standard InChI is InChI=1S/C15H19N5O3S/c1-10(21)18-15-19-12(9-24-15)8-23-13-4-2-11(3-5-13)6-7-20(17)14(16)22/h2-5,9H,6-8,17H2,1H3,(H2,16,22)(H,18,19,21). The molecule has 0 aliphatic rings. The van der Waals surface area contributed by atoms with Gasteiger partial charge in [0.25, 0.3) is 0 Å². The SMILES string of the molecule is CC(=O)Nc1nc(COc2ccc(CCN(N)C(N)=O)cc2)cs1. The number of amides is 3. The highest BCUT2D eigenvalue weighted by Crippen LogP contribution is 2.18. The number of carbonyl (C=O) groups is 2. The average molecular weight is 349 g/mol. The summed E-state index contributed by atoms with van der Waals surface area (Å²) in [5, 5.41) is 5.98. The molecule has 128 valence electrons. The van der Waals surface area contributed by atoms with Gasteiger partial charge in [0.2, 0.25) is 5.91 Å². The lowest BCUT2D eigenvalue weighted by atomic mass is 10.1. The number of hydrogen-bond acceptors (Lipinski definition) is 6. The highest BCUT2D eigenvalue weighted by molar-refractivity contribution is 7.13. The van der Waals surface area contributed by atoms with Crippen molar-refractivity contribution >= 4 is 28.4 Å². The fourth-order valence-corrected chi connectivity index (χ4v) is 2.59. The van der Waals surface area contributed by atoms with E-state index in [2.05, 4.69) is 10.3 Å². The van der Waals surface area contributed by atoms with E-state index in [4.69, 9.17) is 16.3 Å². The van der Waals surface area contributed by atoms with Crippen LogP contribution in [-0.4, -0.2) is 28.5 Å². The highest BCUT2D eigenvalue weighted by atomic mass is 32.1. The summed E-state index contributed by atoms with van der Waals surface area (Å²) in [6.07, 6.45) is 0.603. The molecule has 2 aromatic rings. The van der Waals surface area contributed by atoms with Gasteiger partial charge in [0.1, 0.15) is 12.4 Å². The maximum atomic E-state index is 11.0. The Labute approximate surface area is 143 Å². The van der Waals surface area contributed by atoms with E-state index in [9.17, 15) is 9.59 Å². The lowest BCUT2D eigenvalue weighted by molar-refractivity contribution is -0.114. The molecule has 3 amide bonds. The van der Waals surface area contributed by atoms with E-state index in [0.717, 1.165) is 16.3 Å². The Morgan fingerprint density at radius 1 is 1.33 bits per heavy atom. The number of hydrogen-bond donors (Lipinski definition) is 3. The van der Waals surface area contributed by atoms with E-state index < -0.39 is 6.03 Å². The molecule has 9 heteroatoms. The molecule has 0 fully saturated rings. The molecule has 0 saturated carbocycles. The van der Waals surface area contributed by atoms with Crippen LogP contribution < -0.4 is 21.6 Å². The van der Waals surface area contributed by atoms with Crippen LogP contribution in [0, 0.1) is 0 Å². The Hall–Kier alpha value is -2.65. The smallest absolute Gasteiger partial charge is 0.328 e. The van der Waals surface area contributed by atoms with Crippen LogP contribution in [0.1, 0.15) is 18.2 Å². The molecule has 0 spiro atoms. The minimum atomic E-state index is -0.656. The second kappa shape index (κ2) is 8.27. The number of hydrazine groups is 1. The van der Waals surface area contributed by atoms with Crippen molar-refractivity contribution in [2.24, 2.45) is 11.6 Å². The Kier molecular flexibility index (Phi) is 6.10. The van der Waals surface area contributed by atoms with Gasteiger partial charge in [0.05, 0.1) is 5.69 Å². The Morgan fingerprint density at radius 3 is 2.67 bits per heavy atom. The number of carbonyl (C=O) groups excluding carboxylic acids is 2. The van der Waals surface area contributed by atoms with Gasteiger partial charge in [-0.25, -0.2) is 15.6 Å². The van der Waals surface area contributed by atoms with Gasteiger partial charge in [-0.1, -0.05) is 12.1 Å². The number of nitrogens with one attached hydrogen (secondary N) is 1. The summed E-state index contributed by atoms with van der Waals surface area (Å²) < 4.78 is 5.65. The number of thiazole rings is 1. The molecule has 0 aliphatic heterocycles. The third-order valence-corrected chi connectivity index (χ3v) is 3.88. The van der Waals surface area contributed by atoms with Gasteiger partial charge in [0, 0.05) is 18.8 Å². The predicted octanol–water partition coefficient (Wildman–Crippen LogP) is 1.48. The summed E-state index contributed by atoms with van der Waals surface area (Å²) in [6, 6.07) is 6.81. The first-order valence-corrected chi connectivity index (χ1v) is 8.07. The summed E-state index contributed by atoms with van der Waals surface area (Å²) >= 11 is 1.35. The number of rotatable bonds is 7. The lowest BCUT2D eigenvalue weighted by Crippen LogP contribution is -2.42. The van der Waals surface area contributed by atoms with Crippen molar-refractivity contribution in [3.8, 4) is 5.75 Å². The number of aromatic nitrogens is 1. The van der Waals surface area contributed by atoms with Gasteiger partial charge in [-0.15, -0.1) is 11.3 Å². The summed E-state index contributed by atoms with van der Waals surface area (Å²) in [4.78, 5) is 26.0. The van der Waals surface area contributed by atoms with E-state index in [1.165, 1.54) is 18.3 Å². The topological polar surface area (TPSA) is 124 Å². The average Bonchev–Trinajstić information content (AvgIpc) is 2.98. The van der Waals surface area contributed by atoms with Gasteiger partial charge in [-0.05, 0) is 24.1 Å². The van der Waals surface area contributed by atoms with Gasteiger partial charge in [0.15, 0.2) is 5.13 Å². The van der Waals surface area contributed by atoms with Crippen LogP contribution in [0.4, 0.5) is 9.93 Å². The molecule has 0 aliphatic carbocycles. The molecular weight excluding hydrogens is 330 g/mol. The second-order valence-corrected chi connectivity index (χ2v) is 5.90. The molecule has 1 aromatic carbocycles. The zero-order valence-electron chi connectivity index (χ0n) is 13.2. The van der Waals surface area contributed by atoms with E-state index in [1.54, 1.807) is 0 Å². The van der Waals surface area contributed by atoms with Gasteiger partial charge < -0.3 is 15.8 Å². The highest BCUT2D eigenvalue weighted by Gasteiger charge is 2.06. The molecule has 1 heterocycles. The number of anilines is 1. The summed E-state index contributed by atoms with van der Waals surface area (Å²) in [5.74, 6) is 5.99. The monoisotopic (exact) mass is 349 g/mol. The van der Waals surface area contributed by atoms with Crippen LogP contribution in [-0.2, 0) is 17.8 Å². The van der Waals surface area contributed by atoms with Crippen molar-refractivity contribution in [3.63, 3.8) is 0 Å². The molecular formula is C15H19N5O3S. The number of primary amides is 1. The van der Waals surface area contributed by atoms with Crippen molar-refractivity contribution in [2.45, 2.75) is 20.0 Å². The van der Waals surface area contributed by atoms with Crippen molar-refractivity contribution < 1.29 is 14.3 Å². The molecule has 24 heavy (non-hydrogen) atoms. The summed E-state index contributed by atoms with van der Waals surface area (Å²) in [5.41, 5.74) is 6.82. The summed E-state index contributed by atoms with van der Waals surface area (Å²) in [6.45, 7) is 2.10. The Bertz CT molecular complexity index is 701. The van der Waals surface area contributed by atoms with Crippen molar-refractivity contribution in [3.05, 3.63) is 40.9 Å². The molecule has 8 nitrogen and oxygen atoms in total. The minimum Gasteiger partial charge on any atom is -0.487 e. The normalized spacial score (nSPS) is 10.2. The van der Waals surface area contributed by atoms with Crippen LogP contribution in [0.5, 0.6) is 5.75 Å². The fourth-order valence-electron chi connectivity index (χ4n) is 1.85. The molecule has 0 saturated heterocycles. The second-order valence-electron chi connectivity index (χ2n) is 5.04. The Morgan fingerprint density at radius 2 is 2.04 bits per heavy atom. The number of ether oxygens (including phenoxy) is 1. The van der Waals surface area contributed by atoms with E-state index in [0.29, 0.717) is 30.5 Å². The zero-order valence-corrected chi connectivity index (χ0v) is 14.0. The molecule has 0 radical (unpaired) electrons. The fraction of sp³-hybridized carbons (Fsp3) is 0.267. The van der Waals surface area contributed by atoms with E-state index in [1.807, 2.05) is 29.6 Å². The number of urea groups is 1. The molecule has 1 aromatic heterocycles. The predicted molar refractivity (Wildman–Crippen MR) is 91.4 cm³/mol. The van der Waals surface area contributed by atoms with Gasteiger partial charge >= 0.3 is 6.03 Å². The quantitative estimate of drug-likeness (QED) is 0.397. The zero-order chi connectivity index (χ0) is 17.5. The molecule has 2 rings (SSSR count). The van der Waals surface area contributed by atoms with Crippen LogP contribution in [0.25, 0.3) is 0 Å². The van der Waals surface area contributed by atoms with Gasteiger partial charge in [-0.2, -0.15) is 0 Å². The van der Waals surface area contributed by atoms with E-state index in [-0.39, 0.29) is 5.91 Å². The van der Waals surface area contributed by atoms with Crippen LogP contribution >= 0.6 is 11.3 Å². The Balaban J connectivity index is 1.82. The molecule has 5 N–H and O–H groups in total. The number of nitrogens with two attached hydrogens (primary N) is 2. The minimum absolute atomic E-state index is 0.153.